The molecule has 0 unspecified atom stereocenters. The Morgan fingerprint density at radius 2 is 1.40 bits per heavy atom. The van der Waals surface area contributed by atoms with Crippen molar-refractivity contribution in [1.82, 2.24) is 40.4 Å². The number of aromatic nitrogens is 4. The number of piperidine rings is 1. The van der Waals surface area contributed by atoms with Crippen LogP contribution in [0.15, 0.2) is 91.0 Å². The van der Waals surface area contributed by atoms with Gasteiger partial charge in [-0.15, -0.1) is 0 Å². The molecular formula is C44H46N8O6. The standard InChI is InChI=1S/C44H46N8O6/c1-5-36(51(2)42(54)38(50-44(56)58-4)27-9-7-6-8-10-27)39-45-31-19-15-28(23-34(31)47-39)25-11-13-26(14-12-25)29-16-20-32-35(24-29)48-40(46-32)37-22-18-30-17-21-33(41(53)52(30)37)49-43(55)57-3/h6-16,19-20,23-24,30,33,36-38H,5,17-18,21-22H2,1-4H3,(H,45,47)(H,46,48)(H,49,55)(H,50,56)/t30-,33-,36-,37-,38+/m0/s1. The molecule has 14 heteroatoms. The molecule has 6 aromatic rings. The predicted molar refractivity (Wildman–Crippen MR) is 218 cm³/mol. The van der Waals surface area contributed by atoms with Crippen LogP contribution in [0.2, 0.25) is 0 Å². The Morgan fingerprint density at radius 3 is 2.03 bits per heavy atom. The van der Waals surface area contributed by atoms with Crippen LogP contribution in [0.3, 0.4) is 0 Å². The summed E-state index contributed by atoms with van der Waals surface area (Å²) in [5.41, 5.74) is 8.12. The largest absolute Gasteiger partial charge is 0.453 e. The predicted octanol–water partition coefficient (Wildman–Crippen LogP) is 7.33. The van der Waals surface area contributed by atoms with Gasteiger partial charge >= 0.3 is 12.2 Å². The van der Waals surface area contributed by atoms with Crippen LogP contribution in [-0.4, -0.2) is 87.1 Å². The normalized spacial score (nSPS) is 18.7. The summed E-state index contributed by atoms with van der Waals surface area (Å²) in [6, 6.07) is 27.7. The van der Waals surface area contributed by atoms with Crippen molar-refractivity contribution in [3.8, 4) is 22.3 Å². The van der Waals surface area contributed by atoms with E-state index < -0.39 is 24.3 Å². The van der Waals surface area contributed by atoms with Gasteiger partial charge in [-0.3, -0.25) is 9.59 Å². The topological polar surface area (TPSA) is 175 Å². The van der Waals surface area contributed by atoms with E-state index in [1.165, 1.54) is 14.2 Å². The molecule has 4 aromatic carbocycles. The molecule has 0 spiro atoms. The molecule has 14 nitrogen and oxygen atoms in total. The molecule has 298 valence electrons. The molecule has 0 saturated carbocycles. The van der Waals surface area contributed by atoms with Gasteiger partial charge in [-0.2, -0.15) is 0 Å². The second-order valence-electron chi connectivity index (χ2n) is 14.9. The molecule has 2 aromatic heterocycles. The number of amides is 4. The fourth-order valence-electron chi connectivity index (χ4n) is 8.47. The SMILES string of the molecule is CC[C@@H](c1nc2ccc(-c3ccc(-c4ccc5nc([C@@H]6CC[C@@H]7CC[C@H](NC(=O)OC)C(=O)N76)[nH]c5c4)cc3)cc2[nH]1)N(C)C(=O)[C@H](NC(=O)OC)c1ccccc1. The van der Waals surface area contributed by atoms with Crippen molar-refractivity contribution in [3.63, 3.8) is 0 Å². The Bertz CT molecular complexity index is 2480. The van der Waals surface area contributed by atoms with Crippen molar-refractivity contribution in [2.45, 2.75) is 69.2 Å². The second-order valence-corrected chi connectivity index (χ2v) is 14.9. The number of nitrogens with zero attached hydrogens (tertiary/aromatic N) is 4. The molecule has 0 bridgehead atoms. The number of fused-ring (bicyclic) bond motifs is 3. The number of carbonyl (C=O) groups excluding carboxylic acids is 4. The van der Waals surface area contributed by atoms with Crippen LogP contribution in [0.25, 0.3) is 44.3 Å². The average molecular weight is 783 g/mol. The first kappa shape index (κ1) is 38.2. The van der Waals surface area contributed by atoms with Gasteiger partial charge in [0.05, 0.1) is 48.4 Å². The number of nitrogens with one attached hydrogen (secondary N) is 4. The maximum Gasteiger partial charge on any atom is 0.407 e. The summed E-state index contributed by atoms with van der Waals surface area (Å²) in [4.78, 5) is 71.6. The fraction of sp³-hybridized carbons (Fsp3) is 0.318. The maximum absolute atomic E-state index is 13.9. The maximum atomic E-state index is 13.9. The number of carbonyl (C=O) groups is 4. The summed E-state index contributed by atoms with van der Waals surface area (Å²) in [7, 11) is 4.29. The summed E-state index contributed by atoms with van der Waals surface area (Å²) in [6.07, 6.45) is 2.43. The summed E-state index contributed by atoms with van der Waals surface area (Å²) in [5, 5.41) is 5.38. The van der Waals surface area contributed by atoms with E-state index in [1.807, 2.05) is 48.2 Å². The smallest absolute Gasteiger partial charge is 0.407 e. The Hall–Kier alpha value is -6.70. The monoisotopic (exact) mass is 782 g/mol. The number of rotatable bonds is 10. The van der Waals surface area contributed by atoms with E-state index in [0.29, 0.717) is 24.2 Å². The van der Waals surface area contributed by atoms with E-state index >= 15 is 0 Å². The molecule has 58 heavy (non-hydrogen) atoms. The summed E-state index contributed by atoms with van der Waals surface area (Å²) >= 11 is 0. The average Bonchev–Trinajstić information content (AvgIpc) is 4.00. The summed E-state index contributed by atoms with van der Waals surface area (Å²) in [5.74, 6) is 1.02. The second kappa shape index (κ2) is 16.0. The van der Waals surface area contributed by atoms with Crippen molar-refractivity contribution in [2.75, 3.05) is 21.3 Å². The molecule has 2 saturated heterocycles. The van der Waals surface area contributed by atoms with Crippen LogP contribution in [0.4, 0.5) is 9.59 Å². The summed E-state index contributed by atoms with van der Waals surface area (Å²) in [6.45, 7) is 1.99. The Balaban J connectivity index is 0.982. The fourth-order valence-corrected chi connectivity index (χ4v) is 8.47. The molecule has 4 amide bonds. The van der Waals surface area contributed by atoms with Gasteiger partial charge in [0, 0.05) is 13.1 Å². The van der Waals surface area contributed by atoms with Gasteiger partial charge in [0.25, 0.3) is 0 Å². The summed E-state index contributed by atoms with van der Waals surface area (Å²) < 4.78 is 9.56. The van der Waals surface area contributed by atoms with Gasteiger partial charge in [-0.25, -0.2) is 19.6 Å². The molecule has 4 heterocycles. The Kier molecular flexibility index (Phi) is 10.6. The van der Waals surface area contributed by atoms with Crippen LogP contribution < -0.4 is 10.6 Å². The van der Waals surface area contributed by atoms with Crippen LogP contribution in [-0.2, 0) is 19.1 Å². The van der Waals surface area contributed by atoms with Crippen LogP contribution in [0, 0.1) is 0 Å². The minimum atomic E-state index is -0.926. The first-order chi connectivity index (χ1) is 28.1. The van der Waals surface area contributed by atoms with Gasteiger partial charge in [0.15, 0.2) is 0 Å². The van der Waals surface area contributed by atoms with Gasteiger partial charge < -0.3 is 39.9 Å². The van der Waals surface area contributed by atoms with E-state index in [0.717, 1.165) is 69.4 Å². The highest BCUT2D eigenvalue weighted by atomic mass is 16.5. The molecule has 8 rings (SSSR count). The third-order valence-electron chi connectivity index (χ3n) is 11.5. The van der Waals surface area contributed by atoms with Crippen molar-refractivity contribution in [3.05, 3.63) is 108 Å². The molecular weight excluding hydrogens is 737 g/mol. The van der Waals surface area contributed by atoms with Gasteiger partial charge in [-0.05, 0) is 84.2 Å². The lowest BCUT2D eigenvalue weighted by Crippen LogP contribution is -2.54. The molecule has 5 atom stereocenters. The van der Waals surface area contributed by atoms with Crippen molar-refractivity contribution in [1.29, 1.82) is 0 Å². The number of likely N-dealkylation sites (N-methyl/N-ethyl adjacent to an activating group) is 1. The van der Waals surface area contributed by atoms with Crippen molar-refractivity contribution in [2.24, 2.45) is 0 Å². The van der Waals surface area contributed by atoms with Crippen molar-refractivity contribution < 1.29 is 28.7 Å². The minimum Gasteiger partial charge on any atom is -0.453 e. The molecule has 2 fully saturated rings. The lowest BCUT2D eigenvalue weighted by atomic mass is 9.98. The number of hydrogen-bond acceptors (Lipinski definition) is 8. The molecule has 0 aliphatic carbocycles. The molecule has 0 radical (unpaired) electrons. The number of H-pyrrole nitrogens is 2. The first-order valence-corrected chi connectivity index (χ1v) is 19.6. The highest BCUT2D eigenvalue weighted by Gasteiger charge is 2.45. The van der Waals surface area contributed by atoms with Crippen LogP contribution in [0.5, 0.6) is 0 Å². The van der Waals surface area contributed by atoms with Crippen LogP contribution >= 0.6 is 0 Å². The van der Waals surface area contributed by atoms with Gasteiger partial charge in [0.2, 0.25) is 11.8 Å². The highest BCUT2D eigenvalue weighted by Crippen LogP contribution is 2.41. The van der Waals surface area contributed by atoms with E-state index in [-0.39, 0.29) is 29.9 Å². The lowest BCUT2D eigenvalue weighted by Gasteiger charge is -2.37. The zero-order chi connectivity index (χ0) is 40.5. The highest BCUT2D eigenvalue weighted by molar-refractivity contribution is 5.89. The van der Waals surface area contributed by atoms with E-state index in [4.69, 9.17) is 19.4 Å². The Labute approximate surface area is 335 Å². The Morgan fingerprint density at radius 1 is 0.793 bits per heavy atom. The number of hydrogen-bond donors (Lipinski definition) is 4. The van der Waals surface area contributed by atoms with E-state index in [1.54, 1.807) is 24.1 Å². The number of imidazole rings is 2. The number of benzene rings is 4. The number of methoxy groups -OCH3 is 2. The minimum absolute atomic E-state index is 0.0918. The van der Waals surface area contributed by atoms with Crippen molar-refractivity contribution >= 4 is 46.1 Å². The third kappa shape index (κ3) is 7.33. The van der Waals surface area contributed by atoms with E-state index in [2.05, 4.69) is 63.1 Å². The number of aromatic amines is 2. The van der Waals surface area contributed by atoms with Gasteiger partial charge in [0.1, 0.15) is 23.7 Å². The first-order valence-electron chi connectivity index (χ1n) is 19.6. The zero-order valence-electron chi connectivity index (χ0n) is 32.8. The third-order valence-corrected chi connectivity index (χ3v) is 11.5. The van der Waals surface area contributed by atoms with Gasteiger partial charge in [-0.1, -0.05) is 73.7 Å². The molecule has 2 aliphatic heterocycles. The lowest BCUT2D eigenvalue weighted by molar-refractivity contribution is -0.139. The van der Waals surface area contributed by atoms with E-state index in [9.17, 15) is 19.2 Å². The molecule has 2 aliphatic rings. The molecule has 4 N–H and O–H groups in total. The number of alkyl carbamates (subject to hydrolysis) is 2. The zero-order valence-corrected chi connectivity index (χ0v) is 32.8. The quantitative estimate of drug-likeness (QED) is 0.112. The van der Waals surface area contributed by atoms with Crippen LogP contribution in [0.1, 0.15) is 74.4 Å². The number of ether oxygens (including phenoxy) is 2.